The third-order valence-corrected chi connectivity index (χ3v) is 10.4. The summed E-state index contributed by atoms with van der Waals surface area (Å²) in [6.07, 6.45) is 36.9. The molecule has 1 aliphatic heterocycles. The van der Waals surface area contributed by atoms with Gasteiger partial charge >= 0.3 is 17.6 Å². The van der Waals surface area contributed by atoms with E-state index in [0.717, 1.165) is 75.2 Å². The van der Waals surface area contributed by atoms with Gasteiger partial charge in [0.2, 0.25) is 0 Å². The molecule has 2 heterocycles. The molecule has 1 aromatic heterocycles. The van der Waals surface area contributed by atoms with Crippen molar-refractivity contribution >= 4 is 17.8 Å². The average Bonchev–Trinajstić information content (AvgIpc) is 3.47. The van der Waals surface area contributed by atoms with Crippen molar-refractivity contribution in [1.29, 1.82) is 0 Å². The van der Waals surface area contributed by atoms with E-state index in [1.54, 1.807) is 0 Å². The zero-order valence-electron chi connectivity index (χ0n) is 34.6. The molecule has 1 saturated heterocycles. The van der Waals surface area contributed by atoms with Gasteiger partial charge in [-0.15, -0.1) is 0 Å². The zero-order valence-corrected chi connectivity index (χ0v) is 34.6. The number of carbonyl (C=O) groups is 2. The van der Waals surface area contributed by atoms with Crippen LogP contribution in [0.15, 0.2) is 41.4 Å². The van der Waals surface area contributed by atoms with Crippen LogP contribution in [0, 0.1) is 0 Å². The van der Waals surface area contributed by atoms with E-state index in [-0.39, 0.29) is 31.2 Å². The number of nitrogens with zero attached hydrogens (tertiary/aromatic N) is 2. The summed E-state index contributed by atoms with van der Waals surface area (Å²) in [5.74, 6) is -0.792. The predicted octanol–water partition coefficient (Wildman–Crippen LogP) is 10.6. The van der Waals surface area contributed by atoms with Crippen LogP contribution in [0.1, 0.15) is 200 Å². The molecule has 0 bridgehead atoms. The van der Waals surface area contributed by atoms with Crippen LogP contribution >= 0.6 is 0 Å². The van der Waals surface area contributed by atoms with Crippen LogP contribution in [0.25, 0.3) is 0 Å². The van der Waals surface area contributed by atoms with Gasteiger partial charge in [0, 0.05) is 19.0 Å². The molecule has 314 valence electrons. The molecule has 0 spiro atoms. The van der Waals surface area contributed by atoms with Crippen molar-refractivity contribution in [2.24, 2.45) is 0 Å². The van der Waals surface area contributed by atoms with Crippen molar-refractivity contribution < 1.29 is 28.9 Å². The minimum absolute atomic E-state index is 0.0396. The minimum Gasteiger partial charge on any atom is -0.463 e. The van der Waals surface area contributed by atoms with Gasteiger partial charge in [-0.1, -0.05) is 141 Å². The van der Waals surface area contributed by atoms with Gasteiger partial charge in [0.05, 0.1) is 0 Å². The summed E-state index contributed by atoms with van der Waals surface area (Å²) in [4.78, 5) is 41.8. The van der Waals surface area contributed by atoms with Gasteiger partial charge in [-0.2, -0.15) is 4.98 Å². The highest BCUT2D eigenvalue weighted by Crippen LogP contribution is 2.31. The number of anilines is 1. The van der Waals surface area contributed by atoms with E-state index >= 15 is 0 Å². The summed E-state index contributed by atoms with van der Waals surface area (Å²) in [5, 5.41) is 11.2. The Balaban J connectivity index is 1.67. The van der Waals surface area contributed by atoms with E-state index in [1.807, 2.05) is 0 Å². The Labute approximate surface area is 333 Å². The Morgan fingerprint density at radius 1 is 0.709 bits per heavy atom. The first-order chi connectivity index (χ1) is 26.9. The van der Waals surface area contributed by atoms with E-state index in [0.29, 0.717) is 6.42 Å². The van der Waals surface area contributed by atoms with E-state index in [4.69, 9.17) is 19.9 Å². The molecular weight excluding hydrogens is 695 g/mol. The largest absolute Gasteiger partial charge is 0.463 e. The van der Waals surface area contributed by atoms with Crippen molar-refractivity contribution in [2.45, 2.75) is 218 Å². The van der Waals surface area contributed by atoms with Crippen molar-refractivity contribution in [3.05, 3.63) is 47.1 Å². The topological polar surface area (TPSA) is 143 Å². The van der Waals surface area contributed by atoms with E-state index < -0.39 is 36.2 Å². The molecule has 55 heavy (non-hydrogen) atoms. The number of aliphatic hydroxyl groups excluding tert-OH is 1. The van der Waals surface area contributed by atoms with Gasteiger partial charge in [-0.25, -0.2) is 4.79 Å². The van der Waals surface area contributed by atoms with Crippen LogP contribution in [0.4, 0.5) is 5.82 Å². The predicted molar refractivity (Wildman–Crippen MR) is 223 cm³/mol. The highest BCUT2D eigenvalue weighted by molar-refractivity contribution is 5.70. The van der Waals surface area contributed by atoms with Gasteiger partial charge in [0.25, 0.3) is 0 Å². The Morgan fingerprint density at radius 3 is 1.62 bits per heavy atom. The zero-order chi connectivity index (χ0) is 39.8. The number of ether oxygens (including phenoxy) is 3. The molecule has 3 N–H and O–H groups in total. The SMILES string of the molecule is CCCCCCCCC=CCCCCCCCC(=O)OC[C@H]1O[C@@H](n2ccc(N)nc2=O)[C@@H](O)[C@@H]1OC(=O)CCCCCCCC=CCCCCCCCC. The van der Waals surface area contributed by atoms with Crippen LogP contribution in [-0.2, 0) is 23.8 Å². The van der Waals surface area contributed by atoms with Crippen LogP contribution in [0.2, 0.25) is 0 Å². The number of carbonyl (C=O) groups excluding carboxylic acids is 2. The summed E-state index contributed by atoms with van der Waals surface area (Å²) in [5.41, 5.74) is 4.94. The number of aromatic nitrogens is 2. The quantitative estimate of drug-likeness (QED) is 0.0397. The van der Waals surface area contributed by atoms with Gasteiger partial charge in [0.1, 0.15) is 24.6 Å². The van der Waals surface area contributed by atoms with Crippen molar-refractivity contribution in [1.82, 2.24) is 9.55 Å². The van der Waals surface area contributed by atoms with Crippen molar-refractivity contribution in [3.8, 4) is 0 Å². The lowest BCUT2D eigenvalue weighted by atomic mass is 10.1. The maximum Gasteiger partial charge on any atom is 0.351 e. The highest BCUT2D eigenvalue weighted by atomic mass is 16.6. The first kappa shape index (κ1) is 48.2. The second kappa shape index (κ2) is 32.1. The summed E-state index contributed by atoms with van der Waals surface area (Å²) >= 11 is 0. The maximum absolute atomic E-state index is 12.9. The third-order valence-electron chi connectivity index (χ3n) is 10.4. The minimum atomic E-state index is -1.37. The first-order valence-corrected chi connectivity index (χ1v) is 22.2. The summed E-state index contributed by atoms with van der Waals surface area (Å²) in [6.45, 7) is 4.29. The van der Waals surface area contributed by atoms with E-state index in [9.17, 15) is 19.5 Å². The fourth-order valence-corrected chi connectivity index (χ4v) is 6.99. The molecule has 2 rings (SSSR count). The lowest BCUT2D eigenvalue weighted by molar-refractivity contribution is -0.160. The highest BCUT2D eigenvalue weighted by Gasteiger charge is 2.48. The number of nitrogens with two attached hydrogens (primary N) is 1. The number of nitrogen functional groups attached to an aromatic ring is 1. The number of rotatable bonds is 34. The van der Waals surface area contributed by atoms with Crippen LogP contribution in [0.3, 0.4) is 0 Å². The number of unbranched alkanes of at least 4 members (excludes halogenated alkanes) is 22. The average molecular weight is 772 g/mol. The lowest BCUT2D eigenvalue weighted by Gasteiger charge is -2.21. The standard InChI is InChI=1S/C45H77N3O7/c1-3-5-7-9-11-13-15-17-19-21-23-25-27-29-31-33-40(49)53-37-38-43(42(51)44(54-38)48-36-35-39(46)47-45(48)52)55-41(50)34-32-30-28-26-24-22-20-18-16-14-12-10-8-6-4-2/h17-20,35-36,38,42-44,51H,3-16,21-34,37H2,1-2H3,(H2,46,47,52)/t38-,42+,43-,44-/m1/s1. The smallest absolute Gasteiger partial charge is 0.351 e. The van der Waals surface area contributed by atoms with Gasteiger partial charge < -0.3 is 25.1 Å². The molecule has 1 fully saturated rings. The molecule has 10 nitrogen and oxygen atoms in total. The molecule has 0 aliphatic carbocycles. The molecule has 0 unspecified atom stereocenters. The van der Waals surface area contributed by atoms with Crippen LogP contribution < -0.4 is 11.4 Å². The van der Waals surface area contributed by atoms with Gasteiger partial charge in [-0.3, -0.25) is 14.2 Å². The van der Waals surface area contributed by atoms with Gasteiger partial charge in [-0.05, 0) is 70.3 Å². The normalized spacial score (nSPS) is 18.5. The number of aliphatic hydroxyl groups is 1. The van der Waals surface area contributed by atoms with Crippen molar-refractivity contribution in [3.63, 3.8) is 0 Å². The summed E-state index contributed by atoms with van der Waals surface area (Å²) in [7, 11) is 0. The molecule has 1 aromatic rings. The molecule has 0 aromatic carbocycles. The van der Waals surface area contributed by atoms with Gasteiger partial charge in [0.15, 0.2) is 12.3 Å². The second-order valence-corrected chi connectivity index (χ2v) is 15.4. The molecule has 0 amide bonds. The molecule has 0 radical (unpaired) electrons. The molecule has 4 atom stereocenters. The number of esters is 2. The van der Waals surface area contributed by atoms with E-state index in [1.165, 1.54) is 102 Å². The molecular formula is C45H77N3O7. The Morgan fingerprint density at radius 2 is 1.15 bits per heavy atom. The van der Waals surface area contributed by atoms with E-state index in [2.05, 4.69) is 43.1 Å². The maximum atomic E-state index is 12.9. The number of hydrogen-bond donors (Lipinski definition) is 2. The second-order valence-electron chi connectivity index (χ2n) is 15.4. The van der Waals surface area contributed by atoms with Crippen LogP contribution in [0.5, 0.6) is 0 Å². The van der Waals surface area contributed by atoms with Crippen LogP contribution in [-0.4, -0.2) is 51.5 Å². The Bertz CT molecular complexity index is 1250. The monoisotopic (exact) mass is 772 g/mol. The lowest BCUT2D eigenvalue weighted by Crippen LogP contribution is -2.39. The molecule has 0 saturated carbocycles. The number of allylic oxidation sites excluding steroid dienone is 4. The fourth-order valence-electron chi connectivity index (χ4n) is 6.99. The summed E-state index contributed by atoms with van der Waals surface area (Å²) < 4.78 is 18.3. The third kappa shape index (κ3) is 23.0. The number of hydrogen-bond acceptors (Lipinski definition) is 9. The summed E-state index contributed by atoms with van der Waals surface area (Å²) in [6, 6.07) is 1.42. The molecule has 10 heteroatoms. The first-order valence-electron chi connectivity index (χ1n) is 22.2. The Kier molecular flexibility index (Phi) is 28.2. The van der Waals surface area contributed by atoms with Crippen molar-refractivity contribution in [2.75, 3.05) is 12.3 Å². The molecule has 1 aliphatic rings. The fraction of sp³-hybridized carbons (Fsp3) is 0.778. The Hall–Kier alpha value is -2.98.